The lowest BCUT2D eigenvalue weighted by Crippen LogP contribution is -2.35. The summed E-state index contributed by atoms with van der Waals surface area (Å²) in [6, 6.07) is 14.4. The molecule has 1 N–H and O–H groups in total. The van der Waals surface area contributed by atoms with E-state index in [1.165, 1.54) is 0 Å². The maximum atomic E-state index is 12.5. The average Bonchev–Trinajstić information content (AvgIpc) is 2.71. The number of hydrogen-bond donors (Lipinski definition) is 1. The van der Waals surface area contributed by atoms with Crippen molar-refractivity contribution in [2.75, 3.05) is 20.3 Å². The van der Waals surface area contributed by atoms with E-state index in [2.05, 4.69) is 11.4 Å². The highest BCUT2D eigenvalue weighted by Gasteiger charge is 2.19. The van der Waals surface area contributed by atoms with Crippen LogP contribution in [0.15, 0.2) is 42.5 Å². The molecule has 0 saturated heterocycles. The fourth-order valence-corrected chi connectivity index (χ4v) is 2.77. The lowest BCUT2D eigenvalue weighted by atomic mass is 9.96. The minimum atomic E-state index is -0.235. The van der Waals surface area contributed by atoms with Gasteiger partial charge in [-0.25, -0.2) is 0 Å². The van der Waals surface area contributed by atoms with Crippen molar-refractivity contribution in [2.24, 2.45) is 5.92 Å². The molecule has 2 aromatic rings. The van der Waals surface area contributed by atoms with Gasteiger partial charge in [-0.1, -0.05) is 26.0 Å². The van der Waals surface area contributed by atoms with Crippen LogP contribution in [0.4, 0.5) is 0 Å². The van der Waals surface area contributed by atoms with Gasteiger partial charge in [0.15, 0.2) is 18.1 Å². The molecule has 0 aliphatic carbocycles. The first kappa shape index (κ1) is 21.1. The van der Waals surface area contributed by atoms with Gasteiger partial charge in [0.1, 0.15) is 5.75 Å². The third kappa shape index (κ3) is 5.65. The summed E-state index contributed by atoms with van der Waals surface area (Å²) in [6.07, 6.45) is 0. The molecule has 0 spiro atoms. The molecule has 1 unspecified atom stereocenters. The highest BCUT2D eigenvalue weighted by atomic mass is 16.5. The van der Waals surface area contributed by atoms with Crippen molar-refractivity contribution in [1.82, 2.24) is 5.32 Å². The topological polar surface area (TPSA) is 80.6 Å². The minimum Gasteiger partial charge on any atom is -0.497 e. The first-order chi connectivity index (χ1) is 13.5. The van der Waals surface area contributed by atoms with E-state index in [4.69, 9.17) is 19.5 Å². The van der Waals surface area contributed by atoms with E-state index in [1.807, 2.05) is 45.0 Å². The number of hydrogen-bond acceptors (Lipinski definition) is 5. The van der Waals surface area contributed by atoms with E-state index >= 15 is 0 Å². The van der Waals surface area contributed by atoms with E-state index in [9.17, 15) is 4.79 Å². The molecule has 2 aromatic carbocycles. The Balaban J connectivity index is 2.04. The van der Waals surface area contributed by atoms with Gasteiger partial charge in [-0.15, -0.1) is 0 Å². The molecular formula is C22H26N2O4. The molecule has 0 aliphatic heterocycles. The zero-order chi connectivity index (χ0) is 20.5. The Morgan fingerprint density at radius 2 is 1.82 bits per heavy atom. The molecule has 28 heavy (non-hydrogen) atoms. The van der Waals surface area contributed by atoms with Crippen molar-refractivity contribution in [1.29, 1.82) is 5.26 Å². The number of carbonyl (C=O) groups excluding carboxylic acids is 1. The number of nitriles is 1. The summed E-state index contributed by atoms with van der Waals surface area (Å²) in [7, 11) is 1.62. The maximum Gasteiger partial charge on any atom is 0.258 e. The molecule has 0 bridgehead atoms. The third-order valence-corrected chi connectivity index (χ3v) is 4.19. The van der Waals surface area contributed by atoms with Crippen LogP contribution in [0, 0.1) is 17.2 Å². The molecule has 1 atom stereocenters. The largest absolute Gasteiger partial charge is 0.497 e. The van der Waals surface area contributed by atoms with Crippen LogP contribution < -0.4 is 19.5 Å². The van der Waals surface area contributed by atoms with Gasteiger partial charge in [-0.3, -0.25) is 4.79 Å². The molecule has 0 radical (unpaired) electrons. The first-order valence-corrected chi connectivity index (χ1v) is 9.21. The van der Waals surface area contributed by atoms with E-state index in [0.717, 1.165) is 11.3 Å². The number of benzene rings is 2. The summed E-state index contributed by atoms with van der Waals surface area (Å²) >= 11 is 0. The monoisotopic (exact) mass is 382 g/mol. The summed E-state index contributed by atoms with van der Waals surface area (Å²) < 4.78 is 16.3. The molecule has 0 aromatic heterocycles. The molecular weight excluding hydrogens is 356 g/mol. The van der Waals surface area contributed by atoms with Crippen LogP contribution in [0.25, 0.3) is 0 Å². The van der Waals surface area contributed by atoms with Gasteiger partial charge < -0.3 is 19.5 Å². The number of carbonyl (C=O) groups is 1. The Bertz CT molecular complexity index is 825. The second-order valence-corrected chi connectivity index (χ2v) is 6.56. The van der Waals surface area contributed by atoms with Crippen molar-refractivity contribution >= 4 is 5.91 Å². The van der Waals surface area contributed by atoms with Crippen LogP contribution in [0.2, 0.25) is 0 Å². The van der Waals surface area contributed by atoms with Gasteiger partial charge in [-0.05, 0) is 42.7 Å². The van der Waals surface area contributed by atoms with Crippen molar-refractivity contribution in [3.63, 3.8) is 0 Å². The van der Waals surface area contributed by atoms with E-state index < -0.39 is 0 Å². The molecule has 0 fully saturated rings. The fourth-order valence-electron chi connectivity index (χ4n) is 2.77. The van der Waals surface area contributed by atoms with Crippen LogP contribution in [0.5, 0.6) is 17.2 Å². The zero-order valence-electron chi connectivity index (χ0n) is 16.7. The SMILES string of the molecule is CCOc1cc(C#N)ccc1OCC(=O)NC(c1ccc(OC)cc1)C(C)C. The van der Waals surface area contributed by atoms with Gasteiger partial charge in [0.2, 0.25) is 0 Å². The number of nitrogens with one attached hydrogen (secondary N) is 1. The van der Waals surface area contributed by atoms with E-state index in [-0.39, 0.29) is 24.5 Å². The predicted molar refractivity (Wildman–Crippen MR) is 107 cm³/mol. The summed E-state index contributed by atoms with van der Waals surface area (Å²) in [6.45, 7) is 6.22. The van der Waals surface area contributed by atoms with Crippen molar-refractivity contribution in [3.05, 3.63) is 53.6 Å². The van der Waals surface area contributed by atoms with E-state index in [1.54, 1.807) is 25.3 Å². The molecule has 0 saturated carbocycles. The van der Waals surface area contributed by atoms with Crippen molar-refractivity contribution < 1.29 is 19.0 Å². The molecule has 0 aliphatic rings. The Morgan fingerprint density at radius 3 is 2.39 bits per heavy atom. The zero-order valence-corrected chi connectivity index (χ0v) is 16.7. The Morgan fingerprint density at radius 1 is 1.11 bits per heavy atom. The normalized spacial score (nSPS) is 11.4. The second-order valence-electron chi connectivity index (χ2n) is 6.56. The molecule has 2 rings (SSSR count). The van der Waals surface area contributed by atoms with Crippen LogP contribution in [0.1, 0.15) is 37.9 Å². The summed E-state index contributed by atoms with van der Waals surface area (Å²) in [5.41, 5.74) is 1.47. The fraction of sp³-hybridized carbons (Fsp3) is 0.364. The molecule has 1 amide bonds. The Hall–Kier alpha value is -3.20. The first-order valence-electron chi connectivity index (χ1n) is 9.21. The van der Waals surface area contributed by atoms with Gasteiger partial charge in [0.05, 0.1) is 31.4 Å². The number of rotatable bonds is 9. The maximum absolute atomic E-state index is 12.5. The summed E-state index contributed by atoms with van der Waals surface area (Å²) in [5.74, 6) is 1.62. The second kappa shape index (κ2) is 10.2. The smallest absolute Gasteiger partial charge is 0.258 e. The van der Waals surface area contributed by atoms with Gasteiger partial charge in [0.25, 0.3) is 5.91 Å². The minimum absolute atomic E-state index is 0.144. The highest BCUT2D eigenvalue weighted by Crippen LogP contribution is 2.28. The molecule has 148 valence electrons. The van der Waals surface area contributed by atoms with Crippen LogP contribution in [-0.2, 0) is 4.79 Å². The van der Waals surface area contributed by atoms with Gasteiger partial charge in [0, 0.05) is 6.07 Å². The van der Waals surface area contributed by atoms with Crippen LogP contribution in [0.3, 0.4) is 0 Å². The summed E-state index contributed by atoms with van der Waals surface area (Å²) in [5, 5.41) is 12.0. The molecule has 6 nitrogen and oxygen atoms in total. The quantitative estimate of drug-likeness (QED) is 0.712. The number of ether oxygens (including phenoxy) is 3. The third-order valence-electron chi connectivity index (χ3n) is 4.19. The average molecular weight is 382 g/mol. The number of amides is 1. The van der Waals surface area contributed by atoms with Gasteiger partial charge >= 0.3 is 0 Å². The van der Waals surface area contributed by atoms with Crippen molar-refractivity contribution in [3.8, 4) is 23.3 Å². The Kier molecular flexibility index (Phi) is 7.70. The summed E-state index contributed by atoms with van der Waals surface area (Å²) in [4.78, 5) is 12.5. The van der Waals surface area contributed by atoms with E-state index in [0.29, 0.717) is 23.7 Å². The number of nitrogens with zero attached hydrogens (tertiary/aromatic N) is 1. The van der Waals surface area contributed by atoms with Crippen LogP contribution in [-0.4, -0.2) is 26.2 Å². The predicted octanol–water partition coefficient (Wildman–Crippen LogP) is 3.86. The van der Waals surface area contributed by atoms with Crippen LogP contribution >= 0.6 is 0 Å². The lowest BCUT2D eigenvalue weighted by Gasteiger charge is -2.23. The number of methoxy groups -OCH3 is 1. The van der Waals surface area contributed by atoms with Gasteiger partial charge in [-0.2, -0.15) is 5.26 Å². The Labute approximate surface area is 166 Å². The lowest BCUT2D eigenvalue weighted by molar-refractivity contribution is -0.124. The molecule has 6 heteroatoms. The van der Waals surface area contributed by atoms with Crippen molar-refractivity contribution in [2.45, 2.75) is 26.8 Å². The molecule has 0 heterocycles. The highest BCUT2D eigenvalue weighted by molar-refractivity contribution is 5.78. The standard InChI is InChI=1S/C22H26N2O4/c1-5-27-20-12-16(13-23)6-11-19(20)28-14-21(25)24-22(15(2)3)17-7-9-18(26-4)10-8-17/h6-12,15,22H,5,14H2,1-4H3,(H,24,25).